The number of rotatable bonds is 4. The summed E-state index contributed by atoms with van der Waals surface area (Å²) in [6.07, 6.45) is 0. The highest BCUT2D eigenvalue weighted by Gasteiger charge is 2.41. The first kappa shape index (κ1) is 20.0. The van der Waals surface area contributed by atoms with Crippen molar-refractivity contribution in [2.24, 2.45) is 4.99 Å². The molecule has 0 saturated carbocycles. The molecule has 2 aromatic carbocycles. The summed E-state index contributed by atoms with van der Waals surface area (Å²) in [4.78, 5) is 31.2. The van der Waals surface area contributed by atoms with Gasteiger partial charge in [-0.15, -0.1) is 0 Å². The number of fused-ring (bicyclic) bond motifs is 1. The van der Waals surface area contributed by atoms with Gasteiger partial charge in [-0.1, -0.05) is 41.9 Å². The number of benzodiazepines with no additional fused rings is 1. The molecule has 0 spiro atoms. The Morgan fingerprint density at radius 3 is 2.54 bits per heavy atom. The number of aliphatic imine (C=N–C) groups is 1. The number of aliphatic hydroxyl groups is 1. The minimum atomic E-state index is -1.45. The van der Waals surface area contributed by atoms with Gasteiger partial charge in [0.1, 0.15) is 6.54 Å². The number of ether oxygens (including phenoxy) is 1. The lowest BCUT2D eigenvalue weighted by Crippen LogP contribution is -2.50. The Bertz CT molecular complexity index is 935. The van der Waals surface area contributed by atoms with Gasteiger partial charge in [0.25, 0.3) is 5.91 Å². The maximum Gasteiger partial charge on any atom is 0.325 e. The Balaban J connectivity index is 2.28. The van der Waals surface area contributed by atoms with Gasteiger partial charge in [0.15, 0.2) is 6.04 Å². The molecule has 2 aromatic rings. The molecule has 0 aromatic heterocycles. The Morgan fingerprint density at radius 1 is 1.25 bits per heavy atom. The third-order valence-electron chi connectivity index (χ3n) is 4.49. The highest BCUT2D eigenvalue weighted by Crippen LogP contribution is 2.33. The number of halogens is 1. The van der Waals surface area contributed by atoms with E-state index in [0.29, 0.717) is 22.0 Å². The van der Waals surface area contributed by atoms with Gasteiger partial charge in [-0.25, -0.2) is 0 Å². The number of methoxy groups -OCH3 is 1. The zero-order valence-corrected chi connectivity index (χ0v) is 16.6. The largest absolute Gasteiger partial charge is 0.468 e. The number of benzene rings is 2. The molecule has 1 amide bonds. The van der Waals surface area contributed by atoms with Gasteiger partial charge >= 0.3 is 5.97 Å². The second kappa shape index (κ2) is 7.73. The number of carbonyl (C=O) groups excluding carboxylic acids is 2. The smallest absolute Gasteiger partial charge is 0.325 e. The molecule has 28 heavy (non-hydrogen) atoms. The monoisotopic (exact) mass is 400 g/mol. The lowest BCUT2D eigenvalue weighted by atomic mass is 9.97. The van der Waals surface area contributed by atoms with Gasteiger partial charge in [0, 0.05) is 16.1 Å². The van der Waals surface area contributed by atoms with Crippen molar-refractivity contribution in [3.05, 3.63) is 64.7 Å². The van der Waals surface area contributed by atoms with E-state index in [0.717, 1.165) is 5.56 Å². The maximum absolute atomic E-state index is 13.3. The summed E-state index contributed by atoms with van der Waals surface area (Å²) >= 11 is 6.23. The average Bonchev–Trinajstić information content (AvgIpc) is 2.77. The number of anilines is 1. The summed E-state index contributed by atoms with van der Waals surface area (Å²) in [7, 11) is 1.26. The summed E-state index contributed by atoms with van der Waals surface area (Å²) in [5.74, 6) is -1.07. The molecular weight excluding hydrogens is 380 g/mol. The maximum atomic E-state index is 13.3. The van der Waals surface area contributed by atoms with Gasteiger partial charge in [-0.2, -0.15) is 0 Å². The van der Waals surface area contributed by atoms with E-state index in [4.69, 9.17) is 16.3 Å². The van der Waals surface area contributed by atoms with Crippen LogP contribution in [0.3, 0.4) is 0 Å². The van der Waals surface area contributed by atoms with E-state index in [9.17, 15) is 14.7 Å². The summed E-state index contributed by atoms with van der Waals surface area (Å²) in [6, 6.07) is 13.2. The van der Waals surface area contributed by atoms with Crippen molar-refractivity contribution in [3.63, 3.8) is 0 Å². The van der Waals surface area contributed by atoms with E-state index < -0.39 is 23.5 Å². The Labute approximate surface area is 168 Å². The van der Waals surface area contributed by atoms with E-state index in [1.807, 2.05) is 30.3 Å². The third kappa shape index (κ3) is 3.93. The normalized spacial score (nSPS) is 16.9. The first-order valence-corrected chi connectivity index (χ1v) is 9.14. The molecular formula is C21H21ClN2O4. The molecule has 1 aliphatic rings. The van der Waals surface area contributed by atoms with Crippen molar-refractivity contribution in [1.29, 1.82) is 0 Å². The van der Waals surface area contributed by atoms with Crippen molar-refractivity contribution in [2.75, 3.05) is 18.6 Å². The Hall–Kier alpha value is -2.70. The molecule has 1 aliphatic heterocycles. The molecule has 0 fully saturated rings. The third-order valence-corrected chi connectivity index (χ3v) is 4.73. The summed E-state index contributed by atoms with van der Waals surface area (Å²) in [5, 5.41) is 11.1. The van der Waals surface area contributed by atoms with Crippen LogP contribution < -0.4 is 4.90 Å². The molecule has 1 unspecified atom stereocenters. The van der Waals surface area contributed by atoms with Crippen molar-refractivity contribution >= 4 is 34.9 Å². The van der Waals surface area contributed by atoms with Crippen molar-refractivity contribution in [3.8, 4) is 0 Å². The number of esters is 1. The van der Waals surface area contributed by atoms with Crippen LogP contribution in [-0.4, -0.2) is 48.0 Å². The quantitative estimate of drug-likeness (QED) is 0.800. The predicted molar refractivity (Wildman–Crippen MR) is 108 cm³/mol. The number of carbonyl (C=O) groups is 2. The van der Waals surface area contributed by atoms with Gasteiger partial charge in [0.05, 0.1) is 24.1 Å². The Morgan fingerprint density at radius 2 is 1.93 bits per heavy atom. The van der Waals surface area contributed by atoms with Crippen LogP contribution in [-0.2, 0) is 14.3 Å². The van der Waals surface area contributed by atoms with Crippen molar-refractivity contribution < 1.29 is 19.4 Å². The highest BCUT2D eigenvalue weighted by molar-refractivity contribution is 6.32. The number of hydrogen-bond donors (Lipinski definition) is 1. The molecule has 6 nitrogen and oxygen atoms in total. The lowest BCUT2D eigenvalue weighted by Gasteiger charge is -2.29. The van der Waals surface area contributed by atoms with Gasteiger partial charge in [-0.05, 0) is 32.0 Å². The predicted octanol–water partition coefficient (Wildman–Crippen LogP) is 2.84. The molecule has 3 rings (SSSR count). The van der Waals surface area contributed by atoms with Gasteiger partial charge in [0.2, 0.25) is 0 Å². The SMILES string of the molecule is COC(=O)CN1C(=O)C(C(C)(C)O)N=C(c2ccccc2)c2cc(Cl)ccc21. The topological polar surface area (TPSA) is 79.2 Å². The van der Waals surface area contributed by atoms with E-state index in [1.54, 1.807) is 18.2 Å². The van der Waals surface area contributed by atoms with E-state index >= 15 is 0 Å². The molecule has 0 bridgehead atoms. The first-order chi connectivity index (χ1) is 13.2. The fraction of sp³-hybridized carbons (Fsp3) is 0.286. The zero-order valence-electron chi connectivity index (χ0n) is 15.8. The molecule has 1 N–H and O–H groups in total. The van der Waals surface area contributed by atoms with Crippen LogP contribution in [0.1, 0.15) is 25.0 Å². The molecule has 1 heterocycles. The average molecular weight is 401 g/mol. The first-order valence-electron chi connectivity index (χ1n) is 8.76. The standard InChI is InChI=1S/C21H21ClN2O4/c1-21(2,27)19-20(26)24(12-17(25)28-3)16-10-9-14(22)11-15(16)18(23-19)13-7-5-4-6-8-13/h4-11,19,27H,12H2,1-3H3. The molecule has 7 heteroatoms. The van der Waals surface area contributed by atoms with Crippen LogP contribution >= 0.6 is 11.6 Å². The molecule has 146 valence electrons. The fourth-order valence-electron chi connectivity index (χ4n) is 3.10. The number of hydrogen-bond acceptors (Lipinski definition) is 5. The van der Waals surface area contributed by atoms with Crippen molar-refractivity contribution in [1.82, 2.24) is 0 Å². The molecule has 0 radical (unpaired) electrons. The van der Waals surface area contributed by atoms with Crippen molar-refractivity contribution in [2.45, 2.75) is 25.5 Å². The second-order valence-corrected chi connectivity index (χ2v) is 7.50. The lowest BCUT2D eigenvalue weighted by molar-refractivity contribution is -0.140. The van der Waals surface area contributed by atoms with Crippen LogP contribution in [0.5, 0.6) is 0 Å². The van der Waals surface area contributed by atoms with E-state index in [-0.39, 0.29) is 6.54 Å². The summed E-state index contributed by atoms with van der Waals surface area (Å²) in [6.45, 7) is 2.73. The number of nitrogens with zero attached hydrogens (tertiary/aromatic N) is 2. The second-order valence-electron chi connectivity index (χ2n) is 7.06. The minimum Gasteiger partial charge on any atom is -0.468 e. The summed E-state index contributed by atoms with van der Waals surface area (Å²) in [5.41, 5.74) is 0.924. The van der Waals surface area contributed by atoms with E-state index in [1.165, 1.54) is 25.9 Å². The summed E-state index contributed by atoms with van der Waals surface area (Å²) < 4.78 is 4.75. The molecule has 0 saturated heterocycles. The van der Waals surface area contributed by atoms with Gasteiger partial charge < -0.3 is 9.84 Å². The highest BCUT2D eigenvalue weighted by atomic mass is 35.5. The van der Waals surface area contributed by atoms with Gasteiger partial charge in [-0.3, -0.25) is 19.5 Å². The molecule has 1 atom stereocenters. The van der Waals surface area contributed by atoms with Crippen LogP contribution in [0.25, 0.3) is 0 Å². The minimum absolute atomic E-state index is 0.297. The van der Waals surface area contributed by atoms with Crippen LogP contribution in [0, 0.1) is 0 Å². The van der Waals surface area contributed by atoms with Crippen LogP contribution in [0.2, 0.25) is 5.02 Å². The van der Waals surface area contributed by atoms with Crippen LogP contribution in [0.15, 0.2) is 53.5 Å². The van der Waals surface area contributed by atoms with Crippen LogP contribution in [0.4, 0.5) is 5.69 Å². The van der Waals surface area contributed by atoms with E-state index in [2.05, 4.69) is 4.99 Å². The number of amides is 1. The zero-order chi connectivity index (χ0) is 20.5. The fourth-order valence-corrected chi connectivity index (χ4v) is 3.27. The Kier molecular flexibility index (Phi) is 5.54. The molecule has 0 aliphatic carbocycles.